The maximum Gasteiger partial charge on any atom is 0.293 e. The molecule has 0 radical (unpaired) electrons. The monoisotopic (exact) mass is 296 g/mol. The summed E-state index contributed by atoms with van der Waals surface area (Å²) in [7, 11) is -3.93. The van der Waals surface area contributed by atoms with Crippen molar-refractivity contribution in [3.05, 3.63) is 45.6 Å². The summed E-state index contributed by atoms with van der Waals surface area (Å²) >= 11 is 0. The van der Waals surface area contributed by atoms with E-state index in [-0.39, 0.29) is 16.4 Å². The number of aromatic nitrogens is 2. The number of aromatic amines is 1. The van der Waals surface area contributed by atoms with Crippen molar-refractivity contribution in [3.63, 3.8) is 0 Å². The third kappa shape index (κ3) is 2.62. The van der Waals surface area contributed by atoms with Gasteiger partial charge in [0.05, 0.1) is 11.1 Å². The van der Waals surface area contributed by atoms with Crippen molar-refractivity contribution in [2.75, 3.05) is 4.72 Å². The van der Waals surface area contributed by atoms with E-state index in [1.54, 1.807) is 13.8 Å². The Morgan fingerprint density at radius 3 is 2.50 bits per heavy atom. The fraction of sp³-hybridized carbons (Fsp3) is 0.182. The molecule has 8 nitrogen and oxygen atoms in total. The van der Waals surface area contributed by atoms with E-state index in [0.29, 0.717) is 5.56 Å². The Labute approximate surface area is 115 Å². The second-order valence-electron chi connectivity index (χ2n) is 4.24. The zero-order chi connectivity index (χ0) is 14.9. The van der Waals surface area contributed by atoms with Gasteiger partial charge in [0.1, 0.15) is 5.69 Å². The van der Waals surface area contributed by atoms with E-state index in [0.717, 1.165) is 5.56 Å². The maximum absolute atomic E-state index is 12.0. The predicted molar refractivity (Wildman–Crippen MR) is 72.0 cm³/mol. The summed E-state index contributed by atoms with van der Waals surface area (Å²) in [6, 6.07) is 4.02. The Kier molecular flexibility index (Phi) is 3.45. The fourth-order valence-corrected chi connectivity index (χ4v) is 2.60. The number of benzene rings is 1. The Morgan fingerprint density at radius 1 is 1.30 bits per heavy atom. The number of aryl methyl sites for hydroxylation is 2. The summed E-state index contributed by atoms with van der Waals surface area (Å²) in [5.41, 5.74) is 1.09. The normalized spacial score (nSPS) is 11.3. The van der Waals surface area contributed by atoms with E-state index in [4.69, 9.17) is 0 Å². The first kappa shape index (κ1) is 14.0. The van der Waals surface area contributed by atoms with Gasteiger partial charge in [-0.1, -0.05) is 0 Å². The lowest BCUT2D eigenvalue weighted by Crippen LogP contribution is -2.15. The molecular weight excluding hydrogens is 284 g/mol. The SMILES string of the molecule is Cc1cc(NS(=O)(=O)c2ccn[nH]2)c([N+](=O)[O-])cc1C. The van der Waals surface area contributed by atoms with E-state index in [9.17, 15) is 18.5 Å². The molecule has 106 valence electrons. The molecule has 0 aliphatic carbocycles. The van der Waals surface area contributed by atoms with E-state index >= 15 is 0 Å². The highest BCUT2D eigenvalue weighted by Gasteiger charge is 2.22. The van der Waals surface area contributed by atoms with Crippen molar-refractivity contribution in [3.8, 4) is 0 Å². The molecule has 1 aromatic carbocycles. The van der Waals surface area contributed by atoms with Gasteiger partial charge in [-0.3, -0.25) is 19.9 Å². The number of anilines is 1. The van der Waals surface area contributed by atoms with Crippen LogP contribution >= 0.6 is 0 Å². The Bertz CT molecular complexity index is 753. The second kappa shape index (κ2) is 4.93. The van der Waals surface area contributed by atoms with Gasteiger partial charge in [-0.15, -0.1) is 0 Å². The number of hydrogen-bond donors (Lipinski definition) is 2. The molecule has 0 aliphatic rings. The average molecular weight is 296 g/mol. The van der Waals surface area contributed by atoms with Gasteiger partial charge in [-0.05, 0) is 37.1 Å². The van der Waals surface area contributed by atoms with E-state index < -0.39 is 14.9 Å². The van der Waals surface area contributed by atoms with Crippen LogP contribution in [0.15, 0.2) is 29.4 Å². The van der Waals surface area contributed by atoms with Crippen LogP contribution in [-0.4, -0.2) is 23.5 Å². The fourth-order valence-electron chi connectivity index (χ4n) is 1.63. The number of nitro benzene ring substituents is 1. The molecule has 20 heavy (non-hydrogen) atoms. The first-order valence-corrected chi connectivity index (χ1v) is 7.07. The van der Waals surface area contributed by atoms with Crippen LogP contribution in [0, 0.1) is 24.0 Å². The minimum absolute atomic E-state index is 0.0762. The predicted octanol–water partition coefficient (Wildman–Crippen LogP) is 1.74. The zero-order valence-electron chi connectivity index (χ0n) is 10.7. The van der Waals surface area contributed by atoms with Gasteiger partial charge in [-0.2, -0.15) is 13.5 Å². The molecule has 1 aromatic heterocycles. The molecule has 2 N–H and O–H groups in total. The minimum Gasteiger partial charge on any atom is -0.272 e. The van der Waals surface area contributed by atoms with Crippen LogP contribution in [0.4, 0.5) is 11.4 Å². The molecule has 0 unspecified atom stereocenters. The van der Waals surface area contributed by atoms with Gasteiger partial charge < -0.3 is 0 Å². The van der Waals surface area contributed by atoms with Gasteiger partial charge in [-0.25, -0.2) is 0 Å². The Hall–Kier alpha value is -2.42. The van der Waals surface area contributed by atoms with Gasteiger partial charge in [0, 0.05) is 6.07 Å². The van der Waals surface area contributed by atoms with Crippen molar-refractivity contribution >= 4 is 21.4 Å². The molecule has 0 spiro atoms. The first-order valence-electron chi connectivity index (χ1n) is 5.59. The van der Waals surface area contributed by atoms with E-state index in [1.165, 1.54) is 24.4 Å². The number of nitro groups is 1. The second-order valence-corrected chi connectivity index (χ2v) is 5.89. The highest BCUT2D eigenvalue weighted by Crippen LogP contribution is 2.29. The molecule has 0 aliphatic heterocycles. The summed E-state index contributed by atoms with van der Waals surface area (Å²) in [5, 5.41) is 16.7. The van der Waals surface area contributed by atoms with Crippen molar-refractivity contribution in [1.82, 2.24) is 10.2 Å². The molecule has 0 saturated carbocycles. The lowest BCUT2D eigenvalue weighted by Gasteiger charge is -2.09. The van der Waals surface area contributed by atoms with Crippen LogP contribution in [-0.2, 0) is 10.0 Å². The third-order valence-corrected chi connectivity index (χ3v) is 4.11. The quantitative estimate of drug-likeness (QED) is 0.658. The summed E-state index contributed by atoms with van der Waals surface area (Å²) in [4.78, 5) is 10.4. The standard InChI is InChI=1S/C11H12N4O4S/c1-7-5-9(10(15(16)17)6-8(7)2)14-20(18,19)11-3-4-12-13-11/h3-6,14H,1-2H3,(H,12,13). The van der Waals surface area contributed by atoms with Gasteiger partial charge in [0.25, 0.3) is 15.7 Å². The number of H-pyrrole nitrogens is 1. The van der Waals surface area contributed by atoms with Gasteiger partial charge in [0.15, 0.2) is 5.03 Å². The highest BCUT2D eigenvalue weighted by atomic mass is 32.2. The van der Waals surface area contributed by atoms with Crippen molar-refractivity contribution in [2.24, 2.45) is 0 Å². The van der Waals surface area contributed by atoms with Gasteiger partial charge >= 0.3 is 0 Å². The molecule has 0 atom stereocenters. The summed E-state index contributed by atoms with van der Waals surface area (Å²) in [5.74, 6) is 0. The van der Waals surface area contributed by atoms with Crippen molar-refractivity contribution in [2.45, 2.75) is 18.9 Å². The lowest BCUT2D eigenvalue weighted by molar-refractivity contribution is -0.383. The molecule has 0 bridgehead atoms. The number of nitrogens with zero attached hydrogens (tertiary/aromatic N) is 2. The van der Waals surface area contributed by atoms with Crippen molar-refractivity contribution in [1.29, 1.82) is 0 Å². The van der Waals surface area contributed by atoms with Crippen LogP contribution in [0.1, 0.15) is 11.1 Å². The number of hydrogen-bond acceptors (Lipinski definition) is 5. The summed E-state index contributed by atoms with van der Waals surface area (Å²) < 4.78 is 26.3. The Balaban J connectivity index is 2.49. The van der Waals surface area contributed by atoms with Crippen LogP contribution in [0.5, 0.6) is 0 Å². The Morgan fingerprint density at radius 2 is 1.95 bits per heavy atom. The molecule has 0 fully saturated rings. The highest BCUT2D eigenvalue weighted by molar-refractivity contribution is 7.92. The molecule has 0 amide bonds. The van der Waals surface area contributed by atoms with Crippen LogP contribution in [0.3, 0.4) is 0 Å². The third-order valence-electron chi connectivity index (χ3n) is 2.82. The van der Waals surface area contributed by atoms with Crippen LogP contribution < -0.4 is 4.72 Å². The van der Waals surface area contributed by atoms with Crippen LogP contribution in [0.25, 0.3) is 0 Å². The van der Waals surface area contributed by atoms with E-state index in [2.05, 4.69) is 14.9 Å². The number of sulfonamides is 1. The summed E-state index contributed by atoms with van der Waals surface area (Å²) in [6.45, 7) is 3.46. The zero-order valence-corrected chi connectivity index (χ0v) is 11.6. The van der Waals surface area contributed by atoms with Crippen molar-refractivity contribution < 1.29 is 13.3 Å². The molecule has 1 heterocycles. The van der Waals surface area contributed by atoms with E-state index in [1.807, 2.05) is 0 Å². The average Bonchev–Trinajstić information content (AvgIpc) is 2.87. The molecule has 0 saturated heterocycles. The lowest BCUT2D eigenvalue weighted by atomic mass is 10.1. The van der Waals surface area contributed by atoms with Crippen LogP contribution in [0.2, 0.25) is 0 Å². The first-order chi connectivity index (χ1) is 9.31. The smallest absolute Gasteiger partial charge is 0.272 e. The number of rotatable bonds is 4. The van der Waals surface area contributed by atoms with Gasteiger partial charge in [0.2, 0.25) is 0 Å². The largest absolute Gasteiger partial charge is 0.293 e. The minimum atomic E-state index is -3.93. The molecule has 2 rings (SSSR count). The number of nitrogens with one attached hydrogen (secondary N) is 2. The molecule has 2 aromatic rings. The summed E-state index contributed by atoms with van der Waals surface area (Å²) in [6.07, 6.45) is 1.28. The molecular formula is C11H12N4O4S. The maximum atomic E-state index is 12.0. The molecule has 9 heteroatoms. The topological polar surface area (TPSA) is 118 Å².